The number of benzene rings is 1. The van der Waals surface area contributed by atoms with Crippen LogP contribution < -0.4 is 5.32 Å². The van der Waals surface area contributed by atoms with Gasteiger partial charge in [-0.15, -0.1) is 0 Å². The number of nitrogens with zero attached hydrogens (tertiary/aromatic N) is 1. The SMILES string of the molecule is O=C1CCC(N2C(=O)c3cc(F)c(F)cc3C2=O)C(=O)N1.[HH]. The van der Waals surface area contributed by atoms with Gasteiger partial charge in [-0.25, -0.2) is 8.78 Å². The maximum absolute atomic E-state index is 13.2. The largest absolute Gasteiger partial charge is 0.295 e. The molecule has 0 saturated carbocycles. The van der Waals surface area contributed by atoms with Crippen molar-refractivity contribution in [2.45, 2.75) is 18.9 Å². The van der Waals surface area contributed by atoms with Gasteiger partial charge in [0.1, 0.15) is 6.04 Å². The van der Waals surface area contributed by atoms with Crippen LogP contribution in [-0.4, -0.2) is 34.6 Å². The van der Waals surface area contributed by atoms with E-state index in [1.54, 1.807) is 0 Å². The molecule has 0 spiro atoms. The van der Waals surface area contributed by atoms with E-state index in [1.807, 2.05) is 5.32 Å². The van der Waals surface area contributed by atoms with E-state index in [0.29, 0.717) is 17.0 Å². The van der Waals surface area contributed by atoms with Gasteiger partial charge in [-0.3, -0.25) is 29.4 Å². The highest BCUT2D eigenvalue weighted by atomic mass is 19.2. The number of fused-ring (bicyclic) bond motifs is 1. The van der Waals surface area contributed by atoms with Crippen LogP contribution in [0.1, 0.15) is 35.0 Å². The Kier molecular flexibility index (Phi) is 2.82. The average Bonchev–Trinajstić information content (AvgIpc) is 2.64. The normalized spacial score (nSPS) is 21.6. The van der Waals surface area contributed by atoms with Gasteiger partial charge in [0.2, 0.25) is 11.8 Å². The third kappa shape index (κ3) is 1.91. The Bertz CT molecular complexity index is 681. The molecule has 1 N–H and O–H groups in total. The molecule has 1 unspecified atom stereocenters. The number of imide groups is 2. The first-order chi connectivity index (χ1) is 9.90. The van der Waals surface area contributed by atoms with Crippen molar-refractivity contribution in [1.29, 1.82) is 0 Å². The quantitative estimate of drug-likeness (QED) is 0.770. The van der Waals surface area contributed by atoms with E-state index in [2.05, 4.69) is 0 Å². The number of hydrogen-bond donors (Lipinski definition) is 1. The molecule has 6 nitrogen and oxygen atoms in total. The summed E-state index contributed by atoms with van der Waals surface area (Å²) < 4.78 is 26.4. The first-order valence-corrected chi connectivity index (χ1v) is 6.11. The molecule has 2 heterocycles. The van der Waals surface area contributed by atoms with E-state index in [9.17, 15) is 28.0 Å². The van der Waals surface area contributed by atoms with Crippen LogP contribution in [0.4, 0.5) is 8.78 Å². The van der Waals surface area contributed by atoms with Crippen LogP contribution in [0, 0.1) is 11.6 Å². The zero-order valence-electron chi connectivity index (χ0n) is 10.5. The molecular weight excluding hydrogens is 286 g/mol. The van der Waals surface area contributed by atoms with Crippen molar-refractivity contribution in [3.05, 3.63) is 34.9 Å². The summed E-state index contributed by atoms with van der Waals surface area (Å²) in [5.41, 5.74) is -0.577. The van der Waals surface area contributed by atoms with Gasteiger partial charge in [0.15, 0.2) is 11.6 Å². The molecule has 3 rings (SSSR count). The van der Waals surface area contributed by atoms with Crippen molar-refractivity contribution in [2.24, 2.45) is 0 Å². The highest BCUT2D eigenvalue weighted by Gasteiger charge is 2.45. The molecule has 0 radical (unpaired) electrons. The summed E-state index contributed by atoms with van der Waals surface area (Å²) in [6, 6.07) is 0.120. The Balaban J connectivity index is 0.00000176. The van der Waals surface area contributed by atoms with Gasteiger partial charge in [-0.1, -0.05) is 0 Å². The fourth-order valence-corrected chi connectivity index (χ4v) is 2.46. The lowest BCUT2D eigenvalue weighted by atomic mass is 10.0. The lowest BCUT2D eigenvalue weighted by molar-refractivity contribution is -0.136. The Labute approximate surface area is 118 Å². The van der Waals surface area contributed by atoms with Crippen LogP contribution in [0.25, 0.3) is 0 Å². The second kappa shape index (κ2) is 4.44. The number of carbonyl (C=O) groups is 4. The molecule has 1 aromatic rings. The monoisotopic (exact) mass is 296 g/mol. The van der Waals surface area contributed by atoms with Crippen molar-refractivity contribution in [3.8, 4) is 0 Å². The highest BCUT2D eigenvalue weighted by molar-refractivity contribution is 6.23. The minimum atomic E-state index is -1.25. The van der Waals surface area contributed by atoms with Crippen molar-refractivity contribution < 1.29 is 29.4 Å². The average molecular weight is 296 g/mol. The molecule has 4 amide bonds. The first kappa shape index (κ1) is 13.3. The van der Waals surface area contributed by atoms with Gasteiger partial charge in [-0.05, 0) is 18.6 Å². The third-order valence-corrected chi connectivity index (χ3v) is 3.48. The van der Waals surface area contributed by atoms with Crippen molar-refractivity contribution in [2.75, 3.05) is 0 Å². The molecule has 2 aliphatic rings. The molecular formula is C13H10F2N2O4. The summed E-state index contributed by atoms with van der Waals surface area (Å²) in [6.07, 6.45) is -0.0341. The standard InChI is InChI=1S/C13H8F2N2O4.H2/c14-7-3-5-6(4-8(7)15)13(21)17(12(5)20)9-1-2-10(18)16-11(9)19;/h3-4,9H,1-2H2,(H,16,18,19);1H. The third-order valence-electron chi connectivity index (χ3n) is 3.48. The van der Waals surface area contributed by atoms with Crippen molar-refractivity contribution in [3.63, 3.8) is 0 Å². The van der Waals surface area contributed by atoms with Gasteiger partial charge in [-0.2, -0.15) is 0 Å². The summed E-state index contributed by atoms with van der Waals surface area (Å²) in [4.78, 5) is 47.8. The summed E-state index contributed by atoms with van der Waals surface area (Å²) in [6.45, 7) is 0. The lowest BCUT2D eigenvalue weighted by Crippen LogP contribution is -2.54. The van der Waals surface area contributed by atoms with E-state index >= 15 is 0 Å². The molecule has 21 heavy (non-hydrogen) atoms. The Morgan fingerprint density at radius 2 is 1.57 bits per heavy atom. The van der Waals surface area contributed by atoms with Crippen molar-refractivity contribution >= 4 is 23.6 Å². The summed E-state index contributed by atoms with van der Waals surface area (Å²) in [7, 11) is 0. The number of rotatable bonds is 1. The fraction of sp³-hybridized carbons (Fsp3) is 0.231. The maximum atomic E-state index is 13.2. The Morgan fingerprint density at radius 1 is 1.05 bits per heavy atom. The van der Waals surface area contributed by atoms with E-state index in [-0.39, 0.29) is 25.4 Å². The molecule has 1 atom stereocenters. The van der Waals surface area contributed by atoms with Gasteiger partial charge >= 0.3 is 0 Å². The summed E-state index contributed by atoms with van der Waals surface area (Å²) in [5, 5.41) is 2.02. The topological polar surface area (TPSA) is 83.6 Å². The van der Waals surface area contributed by atoms with Gasteiger partial charge in [0.25, 0.3) is 11.8 Å². The van der Waals surface area contributed by atoms with E-state index in [1.165, 1.54) is 0 Å². The van der Waals surface area contributed by atoms with Crippen LogP contribution in [0.3, 0.4) is 0 Å². The van der Waals surface area contributed by atoms with E-state index in [4.69, 9.17) is 0 Å². The molecule has 8 heteroatoms. The molecule has 1 aromatic carbocycles. The number of nitrogens with one attached hydrogen (secondary N) is 1. The Hall–Kier alpha value is -2.64. The number of hydrogen-bond acceptors (Lipinski definition) is 4. The van der Waals surface area contributed by atoms with Gasteiger partial charge in [0, 0.05) is 7.85 Å². The summed E-state index contributed by atoms with van der Waals surface area (Å²) >= 11 is 0. The predicted molar refractivity (Wildman–Crippen MR) is 65.1 cm³/mol. The molecule has 0 aromatic heterocycles. The Morgan fingerprint density at radius 3 is 2.05 bits per heavy atom. The molecule has 110 valence electrons. The van der Waals surface area contributed by atoms with Crippen LogP contribution in [0.5, 0.6) is 0 Å². The van der Waals surface area contributed by atoms with E-state index in [0.717, 1.165) is 0 Å². The fourth-order valence-electron chi connectivity index (χ4n) is 2.46. The first-order valence-electron chi connectivity index (χ1n) is 6.11. The minimum absolute atomic E-state index is 0. The number of piperidine rings is 1. The van der Waals surface area contributed by atoms with E-state index < -0.39 is 41.3 Å². The number of carbonyl (C=O) groups excluding carboxylic acids is 4. The molecule has 2 aliphatic heterocycles. The van der Waals surface area contributed by atoms with Gasteiger partial charge < -0.3 is 0 Å². The van der Waals surface area contributed by atoms with Crippen LogP contribution in [0.15, 0.2) is 12.1 Å². The molecule has 1 fully saturated rings. The molecule has 1 saturated heterocycles. The minimum Gasteiger partial charge on any atom is -0.295 e. The van der Waals surface area contributed by atoms with Crippen LogP contribution in [0.2, 0.25) is 0 Å². The molecule has 0 aliphatic carbocycles. The van der Waals surface area contributed by atoms with Crippen LogP contribution >= 0.6 is 0 Å². The smallest absolute Gasteiger partial charge is 0.262 e. The van der Waals surface area contributed by atoms with Crippen LogP contribution in [-0.2, 0) is 9.59 Å². The zero-order valence-corrected chi connectivity index (χ0v) is 10.5. The number of amides is 4. The zero-order chi connectivity index (χ0) is 15.3. The second-order valence-electron chi connectivity index (χ2n) is 4.76. The predicted octanol–water partition coefficient (Wildman–Crippen LogP) is 0.612. The van der Waals surface area contributed by atoms with Crippen molar-refractivity contribution in [1.82, 2.24) is 10.2 Å². The number of halogens is 2. The van der Waals surface area contributed by atoms with Gasteiger partial charge in [0.05, 0.1) is 11.1 Å². The summed E-state index contributed by atoms with van der Waals surface area (Å²) in [5.74, 6) is -5.52. The highest BCUT2D eigenvalue weighted by Crippen LogP contribution is 2.28. The second-order valence-corrected chi connectivity index (χ2v) is 4.76. The molecule has 0 bridgehead atoms. The lowest BCUT2D eigenvalue weighted by Gasteiger charge is -2.27. The maximum Gasteiger partial charge on any atom is 0.262 e.